The summed E-state index contributed by atoms with van der Waals surface area (Å²) in [7, 11) is 0. The highest BCUT2D eigenvalue weighted by Crippen LogP contribution is 2.55. The molecular formula is C29H17BrCl2F3N3O4S2. The van der Waals surface area contributed by atoms with Crippen LogP contribution in [0.25, 0.3) is 0 Å². The topological polar surface area (TPSA) is 88.5 Å². The van der Waals surface area contributed by atoms with Crippen molar-refractivity contribution in [2.45, 2.75) is 28.9 Å². The summed E-state index contributed by atoms with van der Waals surface area (Å²) in [6.07, 6.45) is -4.61. The number of carbonyl (C=O) groups is 3. The van der Waals surface area contributed by atoms with Crippen LogP contribution >= 0.6 is 62.2 Å². The molecule has 0 spiro atoms. The minimum absolute atomic E-state index is 0.0972. The van der Waals surface area contributed by atoms with Gasteiger partial charge in [0.05, 0.1) is 32.2 Å². The van der Waals surface area contributed by atoms with Crippen LogP contribution in [-0.2, 0) is 27.1 Å². The van der Waals surface area contributed by atoms with Gasteiger partial charge in [0.1, 0.15) is 11.8 Å². The van der Waals surface area contributed by atoms with Gasteiger partial charge in [0.25, 0.3) is 0 Å². The Morgan fingerprint density at radius 3 is 2.39 bits per heavy atom. The third-order valence-electron chi connectivity index (χ3n) is 7.23. The lowest BCUT2D eigenvalue weighted by Gasteiger charge is -2.31. The van der Waals surface area contributed by atoms with E-state index in [2.05, 4.69) is 21.2 Å². The highest BCUT2D eigenvalue weighted by molar-refractivity contribution is 9.10. The van der Waals surface area contributed by atoms with Crippen LogP contribution in [0.3, 0.4) is 0 Å². The van der Waals surface area contributed by atoms with Crippen molar-refractivity contribution in [1.29, 1.82) is 0 Å². The molecule has 3 aromatic carbocycles. The summed E-state index contributed by atoms with van der Waals surface area (Å²) in [5, 5.41) is 2.11. The van der Waals surface area contributed by atoms with Crippen LogP contribution < -0.4 is 15.1 Å². The molecule has 2 aliphatic rings. The largest absolute Gasteiger partial charge is 0.416 e. The fraction of sp³-hybridized carbons (Fsp3) is 0.172. The van der Waals surface area contributed by atoms with Gasteiger partial charge in [0.15, 0.2) is 0 Å². The van der Waals surface area contributed by atoms with E-state index in [0.717, 1.165) is 55.2 Å². The third-order valence-corrected chi connectivity index (χ3v) is 11.2. The number of aromatic nitrogens is 1. The quantitative estimate of drug-likeness (QED) is 0.215. The summed E-state index contributed by atoms with van der Waals surface area (Å²) in [6.45, 7) is -0.542. The number of thiazole rings is 1. The standard InChI is InChI=1S/C29H17BrCl2F3N3O4S2/c30-14-7-9-16(10-8-14)38-25(40)21-20(17-5-2-6-18(31)22(17)32)24-27(43-23(21)26(38)41)37(28(42)44-24)12-19(39)36-15-4-1-3-13(11-15)29(33,34)35/h1-11,20-21,23H,12H2,(H,36,39). The van der Waals surface area contributed by atoms with Gasteiger partial charge in [-0.05, 0) is 54.1 Å². The maximum Gasteiger partial charge on any atom is 0.416 e. The highest BCUT2D eigenvalue weighted by Gasteiger charge is 2.57. The number of amides is 3. The number of imide groups is 1. The zero-order chi connectivity index (χ0) is 31.5. The molecule has 7 nitrogen and oxygen atoms in total. The normalized spacial score (nSPS) is 19.6. The van der Waals surface area contributed by atoms with Crippen LogP contribution in [0.15, 0.2) is 81.0 Å². The number of rotatable bonds is 5. The van der Waals surface area contributed by atoms with Crippen molar-refractivity contribution in [1.82, 2.24) is 4.57 Å². The molecule has 4 aromatic rings. The van der Waals surface area contributed by atoms with Gasteiger partial charge in [-0.15, -0.1) is 0 Å². The first-order valence-electron chi connectivity index (χ1n) is 12.8. The number of benzene rings is 3. The van der Waals surface area contributed by atoms with E-state index in [1.807, 2.05) is 0 Å². The Morgan fingerprint density at radius 2 is 1.68 bits per heavy atom. The number of nitrogens with one attached hydrogen (secondary N) is 1. The first-order valence-corrected chi connectivity index (χ1v) is 16.0. The molecule has 3 unspecified atom stereocenters. The lowest BCUT2D eigenvalue weighted by molar-refractivity contribution is -0.137. The molecule has 15 heteroatoms. The van der Waals surface area contributed by atoms with Crippen LogP contribution in [0.2, 0.25) is 10.0 Å². The third kappa shape index (κ3) is 5.49. The second kappa shape index (κ2) is 11.7. The minimum Gasteiger partial charge on any atom is -0.325 e. The lowest BCUT2D eigenvalue weighted by Crippen LogP contribution is -2.33. The number of fused-ring (bicyclic) bond motifs is 2. The van der Waals surface area contributed by atoms with Crippen LogP contribution in [0, 0.1) is 5.92 Å². The number of anilines is 2. The van der Waals surface area contributed by atoms with Crippen molar-refractivity contribution in [3.8, 4) is 0 Å². The molecule has 3 heterocycles. The van der Waals surface area contributed by atoms with Crippen molar-refractivity contribution in [2.75, 3.05) is 10.2 Å². The molecule has 6 rings (SSSR count). The van der Waals surface area contributed by atoms with Gasteiger partial charge in [-0.25, -0.2) is 4.90 Å². The summed E-state index contributed by atoms with van der Waals surface area (Å²) in [5.41, 5.74) is -0.227. The van der Waals surface area contributed by atoms with Crippen molar-refractivity contribution < 1.29 is 27.6 Å². The maximum absolute atomic E-state index is 14.0. The molecule has 0 saturated carbocycles. The molecule has 0 radical (unpaired) electrons. The predicted molar refractivity (Wildman–Crippen MR) is 167 cm³/mol. The number of hydrogen-bond donors (Lipinski definition) is 1. The monoisotopic (exact) mass is 741 g/mol. The molecule has 1 N–H and O–H groups in total. The number of hydrogen-bond acceptors (Lipinski definition) is 6. The van der Waals surface area contributed by atoms with Crippen LogP contribution in [-0.4, -0.2) is 27.5 Å². The molecule has 3 atom stereocenters. The average Bonchev–Trinajstić information content (AvgIpc) is 3.41. The smallest absolute Gasteiger partial charge is 0.325 e. The Hall–Kier alpha value is -3.10. The van der Waals surface area contributed by atoms with Gasteiger partial charge in [-0.2, -0.15) is 13.2 Å². The maximum atomic E-state index is 14.0. The Labute approximate surface area is 274 Å². The summed E-state index contributed by atoms with van der Waals surface area (Å²) < 4.78 is 41.4. The fourth-order valence-corrected chi connectivity index (χ4v) is 8.77. The van der Waals surface area contributed by atoms with E-state index in [4.69, 9.17) is 23.2 Å². The van der Waals surface area contributed by atoms with E-state index in [1.54, 1.807) is 42.5 Å². The Balaban J connectivity index is 1.40. The first-order chi connectivity index (χ1) is 20.8. The molecular weight excluding hydrogens is 726 g/mol. The minimum atomic E-state index is -4.61. The number of alkyl halides is 3. The van der Waals surface area contributed by atoms with Crippen LogP contribution in [0.5, 0.6) is 0 Å². The van der Waals surface area contributed by atoms with E-state index in [9.17, 15) is 32.3 Å². The van der Waals surface area contributed by atoms with Gasteiger partial charge in [0.2, 0.25) is 17.7 Å². The Bertz CT molecular complexity index is 1900. The SMILES string of the molecule is O=C(Cn1c2c(sc1=O)C(c1cccc(Cl)c1Cl)C1C(=O)N(c3ccc(Br)cc3)C(=O)C1S2)Nc1cccc(C(F)(F)F)c1. The number of carbonyl (C=O) groups excluding carboxylic acids is 3. The molecule has 2 aliphatic heterocycles. The molecule has 226 valence electrons. The molecule has 3 amide bonds. The van der Waals surface area contributed by atoms with E-state index in [0.29, 0.717) is 21.2 Å². The summed E-state index contributed by atoms with van der Waals surface area (Å²) in [5.74, 6) is -3.51. The Kier molecular flexibility index (Phi) is 8.20. The second-order valence-corrected chi connectivity index (χ2v) is 13.7. The fourth-order valence-electron chi connectivity index (χ4n) is 5.31. The number of nitrogens with zero attached hydrogens (tertiary/aromatic N) is 2. The van der Waals surface area contributed by atoms with Gasteiger partial charge in [-0.1, -0.05) is 80.4 Å². The summed E-state index contributed by atoms with van der Waals surface area (Å²) >= 11 is 18.1. The van der Waals surface area contributed by atoms with Crippen LogP contribution in [0.4, 0.5) is 24.5 Å². The van der Waals surface area contributed by atoms with E-state index in [1.165, 1.54) is 6.07 Å². The molecule has 44 heavy (non-hydrogen) atoms. The average molecular weight is 743 g/mol. The summed E-state index contributed by atoms with van der Waals surface area (Å²) in [6, 6.07) is 15.7. The lowest BCUT2D eigenvalue weighted by atomic mass is 9.83. The van der Waals surface area contributed by atoms with Crippen LogP contribution in [0.1, 0.15) is 21.9 Å². The van der Waals surface area contributed by atoms with Gasteiger partial charge in [-0.3, -0.25) is 23.7 Å². The van der Waals surface area contributed by atoms with Crippen molar-refractivity contribution >= 4 is 91.3 Å². The number of thioether (sulfide) groups is 1. The van der Waals surface area contributed by atoms with Gasteiger partial charge < -0.3 is 5.32 Å². The molecule has 1 fully saturated rings. The second-order valence-electron chi connectivity index (χ2n) is 9.92. The van der Waals surface area contributed by atoms with Crippen molar-refractivity contribution in [2.24, 2.45) is 5.92 Å². The molecule has 1 saturated heterocycles. The number of halogens is 6. The van der Waals surface area contributed by atoms with E-state index >= 15 is 0 Å². The van der Waals surface area contributed by atoms with E-state index < -0.39 is 58.0 Å². The molecule has 0 aliphatic carbocycles. The molecule has 1 aromatic heterocycles. The first kappa shape index (κ1) is 30.9. The van der Waals surface area contributed by atoms with E-state index in [-0.39, 0.29) is 15.7 Å². The predicted octanol–water partition coefficient (Wildman–Crippen LogP) is 7.43. The van der Waals surface area contributed by atoms with Crippen molar-refractivity contribution in [3.63, 3.8) is 0 Å². The zero-order valence-electron chi connectivity index (χ0n) is 21.9. The van der Waals surface area contributed by atoms with Gasteiger partial charge >= 0.3 is 11.0 Å². The van der Waals surface area contributed by atoms with Gasteiger partial charge in [0, 0.05) is 21.0 Å². The highest BCUT2D eigenvalue weighted by atomic mass is 79.9. The summed E-state index contributed by atoms with van der Waals surface area (Å²) in [4.78, 5) is 55.1. The van der Waals surface area contributed by atoms with Crippen molar-refractivity contribution in [3.05, 3.63) is 107 Å². The zero-order valence-corrected chi connectivity index (χ0v) is 26.6. The Morgan fingerprint density at radius 1 is 0.977 bits per heavy atom. The molecule has 0 bridgehead atoms.